The molecule has 0 aliphatic carbocycles. The monoisotopic (exact) mass is 383 g/mol. The molecule has 2 N–H and O–H groups in total. The molecule has 3 amide bonds. The van der Waals surface area contributed by atoms with Crippen molar-refractivity contribution in [2.24, 2.45) is 0 Å². The Bertz CT molecular complexity index is 624. The zero-order valence-electron chi connectivity index (χ0n) is 14.1. The van der Waals surface area contributed by atoms with Gasteiger partial charge in [0.1, 0.15) is 6.54 Å². The lowest BCUT2D eigenvalue weighted by atomic mass is 10.2. The topological polar surface area (TPSA) is 78.5 Å². The SMILES string of the molecule is C[C@H](Sc1ccc(Cl)cc1)C(=O)NNC(=O)CN1CCCCCC1=O. The Morgan fingerprint density at radius 2 is 1.92 bits per heavy atom. The Kier molecular flexibility index (Phi) is 7.58. The molecule has 0 bridgehead atoms. The van der Waals surface area contributed by atoms with Crippen molar-refractivity contribution in [1.29, 1.82) is 0 Å². The molecule has 0 saturated carbocycles. The smallest absolute Gasteiger partial charge is 0.257 e. The first-order chi connectivity index (χ1) is 12.0. The summed E-state index contributed by atoms with van der Waals surface area (Å²) in [5.41, 5.74) is 4.79. The quantitative estimate of drug-likeness (QED) is 0.604. The highest BCUT2D eigenvalue weighted by Crippen LogP contribution is 2.24. The number of hydrogen-bond donors (Lipinski definition) is 2. The Morgan fingerprint density at radius 3 is 2.64 bits per heavy atom. The number of nitrogens with one attached hydrogen (secondary N) is 2. The Morgan fingerprint density at radius 1 is 1.20 bits per heavy atom. The Hall–Kier alpha value is -1.73. The number of hydrazine groups is 1. The van der Waals surface area contributed by atoms with E-state index in [2.05, 4.69) is 10.9 Å². The summed E-state index contributed by atoms with van der Waals surface area (Å²) in [5.74, 6) is -0.714. The first-order valence-corrected chi connectivity index (χ1v) is 9.50. The number of halogens is 1. The summed E-state index contributed by atoms with van der Waals surface area (Å²) in [6, 6.07) is 7.18. The molecule has 136 valence electrons. The number of rotatable bonds is 5. The molecule has 1 fully saturated rings. The number of amides is 3. The molecule has 0 unspecified atom stereocenters. The summed E-state index contributed by atoms with van der Waals surface area (Å²) in [5, 5.41) is 0.248. The minimum absolute atomic E-state index is 0.00867. The maximum absolute atomic E-state index is 12.1. The van der Waals surface area contributed by atoms with Crippen LogP contribution in [0.1, 0.15) is 32.6 Å². The lowest BCUT2D eigenvalue weighted by Crippen LogP contribution is -2.49. The van der Waals surface area contributed by atoms with Gasteiger partial charge in [0.15, 0.2) is 0 Å². The molecule has 1 saturated heterocycles. The van der Waals surface area contributed by atoms with Crippen molar-refractivity contribution in [3.05, 3.63) is 29.3 Å². The maximum atomic E-state index is 12.1. The number of likely N-dealkylation sites (tertiary alicyclic amines) is 1. The average Bonchev–Trinajstić information content (AvgIpc) is 2.79. The van der Waals surface area contributed by atoms with Gasteiger partial charge in [0.25, 0.3) is 11.8 Å². The summed E-state index contributed by atoms with van der Waals surface area (Å²) >= 11 is 7.20. The van der Waals surface area contributed by atoms with Gasteiger partial charge in [-0.1, -0.05) is 18.0 Å². The summed E-state index contributed by atoms with van der Waals surface area (Å²) in [6.45, 7) is 2.31. The molecule has 1 aromatic rings. The number of carbonyl (C=O) groups is 3. The van der Waals surface area contributed by atoms with Crippen LogP contribution in [0, 0.1) is 0 Å². The molecular weight excluding hydrogens is 362 g/mol. The van der Waals surface area contributed by atoms with Crippen LogP contribution >= 0.6 is 23.4 Å². The molecule has 0 aromatic heterocycles. The Labute approximate surface area is 156 Å². The average molecular weight is 384 g/mol. The number of nitrogens with zero attached hydrogens (tertiary/aromatic N) is 1. The summed E-state index contributed by atoms with van der Waals surface area (Å²) < 4.78 is 0. The molecule has 1 atom stereocenters. The molecule has 25 heavy (non-hydrogen) atoms. The molecule has 2 rings (SSSR count). The van der Waals surface area contributed by atoms with Gasteiger partial charge in [-0.15, -0.1) is 11.8 Å². The second-order valence-corrected chi connectivity index (χ2v) is 7.73. The first-order valence-electron chi connectivity index (χ1n) is 8.24. The van der Waals surface area contributed by atoms with Gasteiger partial charge in [0, 0.05) is 22.9 Å². The first kappa shape index (κ1) is 19.6. The van der Waals surface area contributed by atoms with E-state index in [0.29, 0.717) is 18.0 Å². The normalized spacial score (nSPS) is 16.1. The maximum Gasteiger partial charge on any atom is 0.257 e. The molecular formula is C17H22ClN3O3S. The number of hydrogen-bond acceptors (Lipinski definition) is 4. The standard InChI is InChI=1S/C17H22ClN3O3S/c1-12(25-14-8-6-13(18)7-9-14)17(24)20-19-15(22)11-21-10-4-2-3-5-16(21)23/h6-9,12H,2-5,10-11H2,1H3,(H,19,22)(H,20,24)/t12-/m0/s1. The molecule has 0 radical (unpaired) electrons. The third kappa shape index (κ3) is 6.59. The molecule has 1 aliphatic rings. The third-order valence-electron chi connectivity index (χ3n) is 3.83. The minimum atomic E-state index is -0.396. The van der Waals surface area contributed by atoms with Crippen LogP contribution in [0.4, 0.5) is 0 Å². The van der Waals surface area contributed by atoms with Crippen LogP contribution in [0.15, 0.2) is 29.2 Å². The van der Waals surface area contributed by atoms with Crippen LogP contribution in [-0.2, 0) is 14.4 Å². The highest BCUT2D eigenvalue weighted by Gasteiger charge is 2.20. The third-order valence-corrected chi connectivity index (χ3v) is 5.19. The fourth-order valence-corrected chi connectivity index (χ4v) is 3.42. The van der Waals surface area contributed by atoms with Gasteiger partial charge < -0.3 is 4.90 Å². The second-order valence-electron chi connectivity index (χ2n) is 5.88. The van der Waals surface area contributed by atoms with E-state index in [1.54, 1.807) is 24.0 Å². The highest BCUT2D eigenvalue weighted by atomic mass is 35.5. The van der Waals surface area contributed by atoms with Crippen LogP contribution < -0.4 is 10.9 Å². The van der Waals surface area contributed by atoms with E-state index < -0.39 is 5.91 Å². The van der Waals surface area contributed by atoms with Gasteiger partial charge in [-0.3, -0.25) is 25.2 Å². The van der Waals surface area contributed by atoms with Crippen LogP contribution in [0.3, 0.4) is 0 Å². The predicted octanol–water partition coefficient (Wildman–Crippen LogP) is 2.37. The van der Waals surface area contributed by atoms with Crippen LogP contribution in [0.2, 0.25) is 5.02 Å². The lowest BCUT2D eigenvalue weighted by molar-refractivity contribution is -0.136. The Balaban J connectivity index is 1.75. The fraction of sp³-hybridized carbons (Fsp3) is 0.471. The van der Waals surface area contributed by atoms with E-state index in [4.69, 9.17) is 11.6 Å². The van der Waals surface area contributed by atoms with Crippen molar-refractivity contribution in [2.75, 3.05) is 13.1 Å². The number of carbonyl (C=O) groups excluding carboxylic acids is 3. The van der Waals surface area contributed by atoms with E-state index in [0.717, 1.165) is 24.2 Å². The van der Waals surface area contributed by atoms with Crippen molar-refractivity contribution in [1.82, 2.24) is 15.8 Å². The van der Waals surface area contributed by atoms with Crippen molar-refractivity contribution in [2.45, 2.75) is 42.8 Å². The van der Waals surface area contributed by atoms with E-state index in [1.807, 2.05) is 12.1 Å². The fourth-order valence-electron chi connectivity index (χ4n) is 2.42. The van der Waals surface area contributed by atoms with Gasteiger partial charge in [0.2, 0.25) is 5.91 Å². The number of benzene rings is 1. The van der Waals surface area contributed by atoms with Gasteiger partial charge in [-0.05, 0) is 44.0 Å². The minimum Gasteiger partial charge on any atom is -0.333 e. The zero-order chi connectivity index (χ0) is 18.2. The number of thioether (sulfide) groups is 1. The summed E-state index contributed by atoms with van der Waals surface area (Å²) in [7, 11) is 0. The molecule has 0 spiro atoms. The van der Waals surface area contributed by atoms with Crippen molar-refractivity contribution in [3.63, 3.8) is 0 Å². The zero-order valence-corrected chi connectivity index (χ0v) is 15.7. The second kappa shape index (κ2) is 9.68. The van der Waals surface area contributed by atoms with Crippen LogP contribution in [-0.4, -0.2) is 41.0 Å². The van der Waals surface area contributed by atoms with Crippen molar-refractivity contribution in [3.8, 4) is 0 Å². The van der Waals surface area contributed by atoms with Crippen LogP contribution in [0.5, 0.6) is 0 Å². The van der Waals surface area contributed by atoms with E-state index in [-0.39, 0.29) is 23.6 Å². The molecule has 6 nitrogen and oxygen atoms in total. The van der Waals surface area contributed by atoms with Crippen molar-refractivity contribution >= 4 is 41.1 Å². The molecule has 1 aromatic carbocycles. The highest BCUT2D eigenvalue weighted by molar-refractivity contribution is 8.00. The summed E-state index contributed by atoms with van der Waals surface area (Å²) in [4.78, 5) is 38.3. The molecule has 1 aliphatic heterocycles. The van der Waals surface area contributed by atoms with Gasteiger partial charge in [0.05, 0.1) is 5.25 Å². The van der Waals surface area contributed by atoms with Gasteiger partial charge >= 0.3 is 0 Å². The molecule has 1 heterocycles. The van der Waals surface area contributed by atoms with E-state index in [1.165, 1.54) is 11.8 Å². The van der Waals surface area contributed by atoms with E-state index >= 15 is 0 Å². The summed E-state index contributed by atoms with van der Waals surface area (Å²) in [6.07, 6.45) is 3.25. The largest absolute Gasteiger partial charge is 0.333 e. The van der Waals surface area contributed by atoms with Crippen LogP contribution in [0.25, 0.3) is 0 Å². The van der Waals surface area contributed by atoms with Gasteiger partial charge in [-0.2, -0.15) is 0 Å². The van der Waals surface area contributed by atoms with Crippen molar-refractivity contribution < 1.29 is 14.4 Å². The van der Waals surface area contributed by atoms with E-state index in [9.17, 15) is 14.4 Å². The lowest BCUT2D eigenvalue weighted by Gasteiger charge is -2.20. The predicted molar refractivity (Wildman–Crippen MR) is 98.1 cm³/mol. The van der Waals surface area contributed by atoms with Gasteiger partial charge in [-0.25, -0.2) is 0 Å². The molecule has 8 heteroatoms.